The summed E-state index contributed by atoms with van der Waals surface area (Å²) in [6.45, 7) is 17.1. The Morgan fingerprint density at radius 2 is 1.25 bits per heavy atom. The summed E-state index contributed by atoms with van der Waals surface area (Å²) in [6.07, 6.45) is 24.7. The first-order valence-electron chi connectivity index (χ1n) is 33.9. The first-order chi connectivity index (χ1) is 45.7. The van der Waals surface area contributed by atoms with Crippen LogP contribution in [0.4, 0.5) is 0 Å². The van der Waals surface area contributed by atoms with Crippen LogP contribution in [0.15, 0.2) is 85.1 Å². The summed E-state index contributed by atoms with van der Waals surface area (Å²) in [5.74, 6) is -6.35. The molecule has 3 aliphatic rings. The minimum absolute atomic E-state index is 0.0146. The SMILES string of the molecule is CC=CC=CC1CC(=O)OC(COC(=O)CC)COC(=O)CC2C1CC(C)C(C)C2CC(=O)OCC(CO)OC(=O)CC1C=CC(C=CC)C(C)C1CC(=O)NCCOCCOCCOCCNC(=O)CC(C=CC)C(C=CCC(=O)OC(CO)COC(=O)CC=CC)CC. The van der Waals surface area contributed by atoms with Gasteiger partial charge in [0.25, 0.3) is 0 Å². The van der Waals surface area contributed by atoms with Gasteiger partial charge in [0, 0.05) is 45.2 Å². The van der Waals surface area contributed by atoms with Crippen molar-refractivity contribution in [2.24, 2.45) is 71.0 Å². The Morgan fingerprint density at radius 3 is 1.87 bits per heavy atom. The van der Waals surface area contributed by atoms with E-state index >= 15 is 0 Å². The highest BCUT2D eigenvalue weighted by atomic mass is 16.6. The van der Waals surface area contributed by atoms with E-state index < -0.39 is 85.8 Å². The van der Waals surface area contributed by atoms with Gasteiger partial charge < -0.3 is 68.2 Å². The number of aliphatic hydroxyl groups is 2. The molecule has 0 bridgehead atoms. The normalized spacial score (nSPS) is 24.7. The van der Waals surface area contributed by atoms with Gasteiger partial charge in [0.15, 0.2) is 18.3 Å². The third-order valence-corrected chi connectivity index (χ3v) is 17.6. The third-order valence-electron chi connectivity index (χ3n) is 17.6. The van der Waals surface area contributed by atoms with Gasteiger partial charge in [0.1, 0.15) is 26.4 Å². The Morgan fingerprint density at radius 1 is 0.611 bits per heavy atom. The van der Waals surface area contributed by atoms with Crippen LogP contribution < -0.4 is 10.6 Å². The predicted molar refractivity (Wildman–Crippen MR) is 354 cm³/mol. The standard InChI is InChI=1S/C72H110N2O21/c1-10-16-18-22-55-38-72(85)95-59(47-89-66(79)15-6)48-92-70(83)42-63-61(50(8)49(7)36-62(55)63)41-69(82)91-46-58(44-76)94-71(84)39-56-27-26-53(20-12-3)51(9)60(56)40-65(78)74-29-31-87-33-35-88-34-32-86-30-28-73-64(77)37-54(21-13-4)52(14-5)23-19-25-68(81)93-57(43-75)45-90-67(80)24-17-11-2/h10-13,16-23,26-27,49-63,75-76H,14-15,24-25,28-48H2,1-9H3,(H,73,77)(H,74,78). The largest absolute Gasteiger partial charge is 0.462 e. The van der Waals surface area contributed by atoms with Crippen LogP contribution in [0.5, 0.6) is 0 Å². The molecule has 15 atom stereocenters. The molecular formula is C72H110N2O21. The summed E-state index contributed by atoms with van der Waals surface area (Å²) in [6, 6.07) is 0. The van der Waals surface area contributed by atoms with Gasteiger partial charge in [-0.2, -0.15) is 0 Å². The van der Waals surface area contributed by atoms with E-state index in [1.165, 1.54) is 0 Å². The Kier molecular flexibility index (Phi) is 41.6. The average Bonchev–Trinajstić information content (AvgIpc) is 1.39. The highest BCUT2D eigenvalue weighted by Crippen LogP contribution is 2.50. The zero-order chi connectivity index (χ0) is 69.9. The first-order valence-corrected chi connectivity index (χ1v) is 33.9. The van der Waals surface area contributed by atoms with E-state index in [2.05, 4.69) is 23.6 Å². The van der Waals surface area contributed by atoms with Crippen molar-refractivity contribution in [3.63, 3.8) is 0 Å². The molecular weight excluding hydrogens is 1230 g/mol. The predicted octanol–water partition coefficient (Wildman–Crippen LogP) is 7.96. The molecule has 2 aliphatic carbocycles. The van der Waals surface area contributed by atoms with Gasteiger partial charge >= 0.3 is 41.8 Å². The van der Waals surface area contributed by atoms with Crippen LogP contribution in [-0.4, -0.2) is 174 Å². The highest BCUT2D eigenvalue weighted by Gasteiger charge is 2.46. The molecule has 1 heterocycles. The summed E-state index contributed by atoms with van der Waals surface area (Å²) in [7, 11) is 0. The Balaban J connectivity index is 1.42. The molecule has 1 saturated carbocycles. The highest BCUT2D eigenvalue weighted by molar-refractivity contribution is 5.78. The minimum Gasteiger partial charge on any atom is -0.462 e. The number of carbonyl (C=O) groups is 9. The van der Waals surface area contributed by atoms with Gasteiger partial charge in [-0.05, 0) is 112 Å². The van der Waals surface area contributed by atoms with Crippen LogP contribution in [0.1, 0.15) is 133 Å². The van der Waals surface area contributed by atoms with E-state index in [1.54, 1.807) is 32.1 Å². The molecule has 15 unspecified atom stereocenters. The van der Waals surface area contributed by atoms with Gasteiger partial charge in [0.2, 0.25) is 11.8 Å². The Bertz CT molecular complexity index is 2560. The second-order valence-corrected chi connectivity index (χ2v) is 24.5. The van der Waals surface area contributed by atoms with E-state index in [-0.39, 0.29) is 181 Å². The molecule has 23 heteroatoms. The molecule has 0 spiro atoms. The molecule has 2 fully saturated rings. The van der Waals surface area contributed by atoms with Crippen molar-refractivity contribution in [1.29, 1.82) is 0 Å². The molecule has 4 N–H and O–H groups in total. The van der Waals surface area contributed by atoms with Crippen LogP contribution in [0.2, 0.25) is 0 Å². The molecule has 23 nitrogen and oxygen atoms in total. The number of esters is 7. The van der Waals surface area contributed by atoms with Gasteiger partial charge in [0.05, 0.1) is 78.5 Å². The molecule has 3 rings (SSSR count). The van der Waals surface area contributed by atoms with Crippen LogP contribution >= 0.6 is 0 Å². The average molecular weight is 1340 g/mol. The zero-order valence-corrected chi connectivity index (χ0v) is 57.6. The van der Waals surface area contributed by atoms with Crippen LogP contribution in [0.3, 0.4) is 0 Å². The van der Waals surface area contributed by atoms with Crippen LogP contribution in [0, 0.1) is 71.0 Å². The van der Waals surface area contributed by atoms with Crippen molar-refractivity contribution < 1.29 is 101 Å². The number of carbonyl (C=O) groups excluding carboxylic acids is 9. The summed E-state index contributed by atoms with van der Waals surface area (Å²) in [4.78, 5) is 117. The maximum absolute atomic E-state index is 13.8. The van der Waals surface area contributed by atoms with Gasteiger partial charge in [-0.25, -0.2) is 0 Å². The number of hydrogen-bond donors (Lipinski definition) is 4. The molecule has 1 aliphatic heterocycles. The summed E-state index contributed by atoms with van der Waals surface area (Å²) in [5.41, 5.74) is 0. The lowest BCUT2D eigenvalue weighted by molar-refractivity contribution is -0.167. The van der Waals surface area contributed by atoms with E-state index in [9.17, 15) is 53.4 Å². The molecule has 1 saturated heterocycles. The van der Waals surface area contributed by atoms with Crippen molar-refractivity contribution in [3.05, 3.63) is 85.1 Å². The van der Waals surface area contributed by atoms with Crippen molar-refractivity contribution in [2.45, 2.75) is 151 Å². The van der Waals surface area contributed by atoms with Gasteiger partial charge in [-0.3, -0.25) is 43.2 Å². The van der Waals surface area contributed by atoms with Crippen molar-refractivity contribution in [1.82, 2.24) is 10.6 Å². The zero-order valence-electron chi connectivity index (χ0n) is 57.6. The molecule has 0 aromatic rings. The fraction of sp³-hybridized carbons (Fsp3) is 0.681. The topological polar surface area (TPSA) is 310 Å². The number of cyclic esters (lactones) is 2. The number of ether oxygens (including phenoxy) is 10. The number of hydrogen-bond acceptors (Lipinski definition) is 21. The third kappa shape index (κ3) is 32.7. The summed E-state index contributed by atoms with van der Waals surface area (Å²) < 4.78 is 55.3. The van der Waals surface area contributed by atoms with Crippen LogP contribution in [0.25, 0.3) is 0 Å². The van der Waals surface area contributed by atoms with Crippen molar-refractivity contribution >= 4 is 53.6 Å². The lowest BCUT2D eigenvalue weighted by atomic mass is 9.57. The van der Waals surface area contributed by atoms with Crippen molar-refractivity contribution in [2.75, 3.05) is 92.4 Å². The summed E-state index contributed by atoms with van der Waals surface area (Å²) in [5, 5.41) is 25.8. The molecule has 2 amide bonds. The number of aliphatic hydroxyl groups excluding tert-OH is 2. The number of fused-ring (bicyclic) bond motifs is 1. The smallest absolute Gasteiger partial charge is 0.310 e. The number of allylic oxidation sites excluding steroid dienone is 12. The number of amides is 2. The molecule has 0 aromatic carbocycles. The van der Waals surface area contributed by atoms with E-state index in [0.717, 1.165) is 0 Å². The quantitative estimate of drug-likeness (QED) is 0.0148. The lowest BCUT2D eigenvalue weighted by Crippen LogP contribution is -2.43. The number of nitrogens with one attached hydrogen (secondary N) is 2. The maximum Gasteiger partial charge on any atom is 0.310 e. The maximum atomic E-state index is 13.8. The van der Waals surface area contributed by atoms with E-state index in [0.29, 0.717) is 39.2 Å². The molecule has 534 valence electrons. The Labute approximate surface area is 562 Å². The van der Waals surface area contributed by atoms with Crippen LogP contribution in [-0.2, 0) is 90.5 Å². The second-order valence-electron chi connectivity index (χ2n) is 24.5. The van der Waals surface area contributed by atoms with Gasteiger partial charge in [-0.1, -0.05) is 120 Å². The first kappa shape index (κ1) is 82.4. The second kappa shape index (κ2) is 48.0. The van der Waals surface area contributed by atoms with E-state index in [1.807, 2.05) is 102 Å². The fourth-order valence-electron chi connectivity index (χ4n) is 12.3. The summed E-state index contributed by atoms with van der Waals surface area (Å²) >= 11 is 0. The van der Waals surface area contributed by atoms with E-state index in [4.69, 9.17) is 47.4 Å². The molecule has 0 radical (unpaired) electrons. The Hall–Kier alpha value is -6.79. The van der Waals surface area contributed by atoms with Crippen molar-refractivity contribution in [3.8, 4) is 0 Å². The van der Waals surface area contributed by atoms with Gasteiger partial charge in [-0.15, -0.1) is 0 Å². The molecule has 0 aromatic heterocycles. The lowest BCUT2D eigenvalue weighted by Gasteiger charge is -2.47. The fourth-order valence-corrected chi connectivity index (χ4v) is 12.3. The monoisotopic (exact) mass is 1340 g/mol. The molecule has 95 heavy (non-hydrogen) atoms. The minimum atomic E-state index is -1.17. The number of rotatable bonds is 42.